The van der Waals surface area contributed by atoms with E-state index in [0.29, 0.717) is 12.5 Å². The number of hydrogen-bond donors (Lipinski definition) is 1. The first kappa shape index (κ1) is 19.5. The van der Waals surface area contributed by atoms with Crippen LogP contribution in [0.15, 0.2) is 60.7 Å². The Morgan fingerprint density at radius 2 is 1.77 bits per heavy atom. The number of carboxylic acids is 1. The van der Waals surface area contributed by atoms with E-state index < -0.39 is 5.97 Å². The van der Waals surface area contributed by atoms with Gasteiger partial charge in [0.25, 0.3) is 0 Å². The quantitative estimate of drug-likeness (QED) is 0.794. The largest absolute Gasteiger partial charge is 0.480 e. The number of allylic oxidation sites excluding steroid dienone is 1. The normalized spacial score (nSPS) is 11.3. The Bertz CT molecular complexity index is 809. The van der Waals surface area contributed by atoms with Crippen molar-refractivity contribution in [2.75, 3.05) is 20.1 Å². The summed E-state index contributed by atoms with van der Waals surface area (Å²) < 4.78 is 0. The lowest BCUT2D eigenvalue weighted by Crippen LogP contribution is -2.25. The summed E-state index contributed by atoms with van der Waals surface area (Å²) in [6, 6.07) is 18.3. The summed E-state index contributed by atoms with van der Waals surface area (Å²) >= 11 is 0. The van der Waals surface area contributed by atoms with Crippen molar-refractivity contribution in [2.24, 2.45) is 0 Å². The summed E-state index contributed by atoms with van der Waals surface area (Å²) in [5.41, 5.74) is 4.19. The van der Waals surface area contributed by atoms with Crippen LogP contribution in [0.3, 0.4) is 0 Å². The Morgan fingerprint density at radius 1 is 1.12 bits per heavy atom. The van der Waals surface area contributed by atoms with Gasteiger partial charge >= 0.3 is 5.97 Å². The Balaban J connectivity index is 2.23. The first-order chi connectivity index (χ1) is 12.5. The average Bonchev–Trinajstić information content (AvgIpc) is 2.62. The van der Waals surface area contributed by atoms with E-state index in [0.717, 1.165) is 16.7 Å². The van der Waals surface area contributed by atoms with Crippen LogP contribution in [-0.2, 0) is 4.79 Å². The second-order valence-corrected chi connectivity index (χ2v) is 6.60. The van der Waals surface area contributed by atoms with Gasteiger partial charge in [-0.1, -0.05) is 74.2 Å². The minimum absolute atomic E-state index is 0.00264. The first-order valence-corrected chi connectivity index (χ1v) is 8.73. The van der Waals surface area contributed by atoms with Gasteiger partial charge in [-0.15, -0.1) is 0 Å². The highest BCUT2D eigenvalue weighted by Crippen LogP contribution is 2.16. The van der Waals surface area contributed by atoms with Crippen LogP contribution in [0.1, 0.15) is 36.5 Å². The van der Waals surface area contributed by atoms with E-state index in [2.05, 4.69) is 37.8 Å². The molecule has 0 amide bonds. The molecule has 134 valence electrons. The van der Waals surface area contributed by atoms with Gasteiger partial charge in [-0.2, -0.15) is 0 Å². The molecular weight excluding hydrogens is 322 g/mol. The molecule has 3 nitrogen and oxygen atoms in total. The highest BCUT2D eigenvalue weighted by atomic mass is 16.4. The van der Waals surface area contributed by atoms with E-state index in [4.69, 9.17) is 5.11 Å². The highest BCUT2D eigenvalue weighted by molar-refractivity contribution is 5.79. The number of likely N-dealkylation sites (N-methyl/N-ethyl adjacent to an activating group) is 1. The summed E-state index contributed by atoms with van der Waals surface area (Å²) in [5.74, 6) is 6.13. The molecule has 2 aromatic carbocycles. The fourth-order valence-electron chi connectivity index (χ4n) is 2.49. The Morgan fingerprint density at radius 3 is 2.35 bits per heavy atom. The van der Waals surface area contributed by atoms with Crippen LogP contribution < -0.4 is 0 Å². The molecule has 0 fully saturated rings. The molecule has 0 radical (unpaired) electrons. The molecule has 0 bridgehead atoms. The predicted octanol–water partition coefficient (Wildman–Crippen LogP) is 4.26. The van der Waals surface area contributed by atoms with E-state index in [1.165, 1.54) is 5.56 Å². The van der Waals surface area contributed by atoms with Crippen LogP contribution in [0.5, 0.6) is 0 Å². The molecule has 26 heavy (non-hydrogen) atoms. The topological polar surface area (TPSA) is 40.5 Å². The first-order valence-electron chi connectivity index (χ1n) is 8.73. The van der Waals surface area contributed by atoms with Gasteiger partial charge in [0.15, 0.2) is 0 Å². The lowest BCUT2D eigenvalue weighted by molar-refractivity contribution is -0.137. The lowest BCUT2D eigenvalue weighted by atomic mass is 10.0. The summed E-state index contributed by atoms with van der Waals surface area (Å²) in [5, 5.41) is 8.89. The number of benzene rings is 2. The third-order valence-corrected chi connectivity index (χ3v) is 4.02. The van der Waals surface area contributed by atoms with Crippen LogP contribution in [-0.4, -0.2) is 36.1 Å². The molecular formula is C23H25NO2. The van der Waals surface area contributed by atoms with Gasteiger partial charge in [-0.25, -0.2) is 0 Å². The molecule has 0 aliphatic carbocycles. The zero-order valence-corrected chi connectivity index (χ0v) is 15.6. The maximum absolute atomic E-state index is 10.8. The molecule has 0 spiro atoms. The summed E-state index contributed by atoms with van der Waals surface area (Å²) in [7, 11) is 1.78. The number of hydrogen-bond acceptors (Lipinski definition) is 2. The molecule has 0 aliphatic rings. The number of carbonyl (C=O) groups is 1. The smallest absolute Gasteiger partial charge is 0.317 e. The van der Waals surface area contributed by atoms with Crippen LogP contribution >= 0.6 is 0 Å². The van der Waals surface area contributed by atoms with Crippen LogP contribution in [0.2, 0.25) is 0 Å². The van der Waals surface area contributed by atoms with Crippen LogP contribution in [0.25, 0.3) is 5.57 Å². The zero-order valence-electron chi connectivity index (χ0n) is 15.6. The minimum Gasteiger partial charge on any atom is -0.480 e. The van der Waals surface area contributed by atoms with E-state index >= 15 is 0 Å². The number of nitrogens with zero attached hydrogens (tertiary/aromatic N) is 1. The summed E-state index contributed by atoms with van der Waals surface area (Å²) in [6.07, 6.45) is 1.98. The fourth-order valence-corrected chi connectivity index (χ4v) is 2.49. The van der Waals surface area contributed by atoms with Crippen molar-refractivity contribution in [3.8, 4) is 11.8 Å². The molecule has 2 aromatic rings. The molecule has 0 saturated heterocycles. The third kappa shape index (κ3) is 6.23. The van der Waals surface area contributed by atoms with Gasteiger partial charge in [0.1, 0.15) is 0 Å². The Hall–Kier alpha value is -2.83. The molecule has 0 unspecified atom stereocenters. The van der Waals surface area contributed by atoms with Gasteiger partial charge < -0.3 is 5.11 Å². The second-order valence-electron chi connectivity index (χ2n) is 6.60. The minimum atomic E-state index is -0.835. The van der Waals surface area contributed by atoms with Crippen LogP contribution in [0.4, 0.5) is 0 Å². The van der Waals surface area contributed by atoms with Crippen molar-refractivity contribution >= 4 is 11.5 Å². The molecule has 0 atom stereocenters. The molecule has 1 N–H and O–H groups in total. The predicted molar refractivity (Wildman–Crippen MR) is 107 cm³/mol. The van der Waals surface area contributed by atoms with Crippen molar-refractivity contribution in [1.29, 1.82) is 0 Å². The lowest BCUT2D eigenvalue weighted by Gasteiger charge is -2.11. The second kappa shape index (κ2) is 9.60. The van der Waals surface area contributed by atoms with Crippen molar-refractivity contribution in [3.05, 3.63) is 77.4 Å². The van der Waals surface area contributed by atoms with Crippen molar-refractivity contribution in [1.82, 2.24) is 4.90 Å². The van der Waals surface area contributed by atoms with Crippen molar-refractivity contribution in [2.45, 2.75) is 19.8 Å². The van der Waals surface area contributed by atoms with Gasteiger partial charge in [-0.05, 0) is 36.2 Å². The zero-order chi connectivity index (χ0) is 18.9. The van der Waals surface area contributed by atoms with Gasteiger partial charge in [0.05, 0.1) is 6.54 Å². The van der Waals surface area contributed by atoms with E-state index in [9.17, 15) is 4.79 Å². The SMILES string of the molecule is CC(C)c1ccc(C#CC(=CCN(C)CC(=O)O)c2ccccc2)cc1. The van der Waals surface area contributed by atoms with Crippen LogP contribution in [0, 0.1) is 11.8 Å². The van der Waals surface area contributed by atoms with Crippen molar-refractivity contribution in [3.63, 3.8) is 0 Å². The molecule has 2 rings (SSSR count). The summed E-state index contributed by atoms with van der Waals surface area (Å²) in [4.78, 5) is 12.6. The number of rotatable bonds is 6. The van der Waals surface area contributed by atoms with Gasteiger partial charge in [0.2, 0.25) is 0 Å². The van der Waals surface area contributed by atoms with Crippen molar-refractivity contribution < 1.29 is 9.90 Å². The van der Waals surface area contributed by atoms with E-state index in [-0.39, 0.29) is 6.54 Å². The Kier molecular flexibility index (Phi) is 7.20. The maximum Gasteiger partial charge on any atom is 0.317 e. The highest BCUT2D eigenvalue weighted by Gasteiger charge is 2.04. The van der Waals surface area contributed by atoms with Gasteiger partial charge in [-0.3, -0.25) is 9.69 Å². The maximum atomic E-state index is 10.8. The van der Waals surface area contributed by atoms with E-state index in [1.54, 1.807) is 11.9 Å². The van der Waals surface area contributed by atoms with Gasteiger partial charge in [0, 0.05) is 17.7 Å². The standard InChI is InChI=1S/C23H25NO2/c1-18(2)20-12-9-19(10-13-20)11-14-22(21-7-5-4-6-8-21)15-16-24(3)17-23(25)26/h4-10,12-13,15,18H,16-17H2,1-3H3,(H,25,26). The summed E-state index contributed by atoms with van der Waals surface area (Å²) in [6.45, 7) is 4.87. The average molecular weight is 347 g/mol. The molecule has 0 heterocycles. The van der Waals surface area contributed by atoms with E-state index in [1.807, 2.05) is 48.5 Å². The third-order valence-electron chi connectivity index (χ3n) is 4.02. The monoisotopic (exact) mass is 347 g/mol. The molecule has 3 heteroatoms. The Labute approximate surface area is 156 Å². The number of aliphatic carboxylic acids is 1. The molecule has 0 aromatic heterocycles. The fraction of sp³-hybridized carbons (Fsp3) is 0.261. The number of carboxylic acid groups (broad SMARTS) is 1. The molecule has 0 saturated carbocycles. The molecule has 0 aliphatic heterocycles.